The highest BCUT2D eigenvalue weighted by Crippen LogP contribution is 2.07. The molecule has 1 N–H and O–H groups in total. The Morgan fingerprint density at radius 3 is 2.73 bits per heavy atom. The van der Waals surface area contributed by atoms with Gasteiger partial charge in [0.15, 0.2) is 0 Å². The van der Waals surface area contributed by atoms with Crippen LogP contribution in [0.25, 0.3) is 0 Å². The van der Waals surface area contributed by atoms with E-state index in [1.807, 2.05) is 12.1 Å². The Morgan fingerprint density at radius 2 is 2.18 bits per heavy atom. The van der Waals surface area contributed by atoms with Crippen molar-refractivity contribution in [2.24, 2.45) is 0 Å². The molecule has 0 heterocycles. The van der Waals surface area contributed by atoms with Crippen LogP contribution in [0.4, 0.5) is 0 Å². The van der Waals surface area contributed by atoms with Crippen molar-refractivity contribution in [2.45, 2.75) is 13.0 Å². The van der Waals surface area contributed by atoms with Crippen molar-refractivity contribution in [3.8, 4) is 5.75 Å². The quantitative estimate of drug-likeness (QED) is 0.704. The van der Waals surface area contributed by atoms with E-state index in [0.717, 1.165) is 5.75 Å². The van der Waals surface area contributed by atoms with Crippen molar-refractivity contribution in [3.63, 3.8) is 0 Å². The first-order chi connectivity index (χ1) is 5.29. The smallest absolute Gasteiger partial charge is 0.119 e. The minimum atomic E-state index is -0.417. The zero-order chi connectivity index (χ0) is 8.10. The average molecular weight is 151 g/mol. The molecule has 1 radical (unpaired) electrons. The van der Waals surface area contributed by atoms with Crippen molar-refractivity contribution in [1.82, 2.24) is 0 Å². The molecule has 0 aromatic heterocycles. The molecular formula is C9H11O2. The van der Waals surface area contributed by atoms with E-state index in [4.69, 9.17) is 9.84 Å². The highest BCUT2D eigenvalue weighted by atomic mass is 16.5. The van der Waals surface area contributed by atoms with E-state index in [9.17, 15) is 0 Å². The Hall–Kier alpha value is -1.02. The van der Waals surface area contributed by atoms with E-state index in [1.54, 1.807) is 19.1 Å². The van der Waals surface area contributed by atoms with Crippen LogP contribution >= 0.6 is 0 Å². The van der Waals surface area contributed by atoms with E-state index < -0.39 is 6.10 Å². The second-order valence-corrected chi connectivity index (χ2v) is 2.40. The minimum absolute atomic E-state index is 0.337. The molecule has 0 fully saturated rings. The normalized spacial score (nSPS) is 12.5. The molecule has 1 unspecified atom stereocenters. The van der Waals surface area contributed by atoms with Crippen LogP contribution in [0, 0.1) is 6.07 Å². The first-order valence-electron chi connectivity index (χ1n) is 3.56. The first-order valence-corrected chi connectivity index (χ1v) is 3.56. The minimum Gasteiger partial charge on any atom is -0.491 e. The van der Waals surface area contributed by atoms with Gasteiger partial charge in [-0.25, -0.2) is 0 Å². The summed E-state index contributed by atoms with van der Waals surface area (Å²) in [5.74, 6) is 0.768. The van der Waals surface area contributed by atoms with Crippen LogP contribution in [0.2, 0.25) is 0 Å². The Bertz CT molecular complexity index is 194. The molecule has 0 spiro atoms. The molecule has 2 nitrogen and oxygen atoms in total. The van der Waals surface area contributed by atoms with E-state index in [2.05, 4.69) is 6.07 Å². The summed E-state index contributed by atoms with van der Waals surface area (Å²) in [6, 6.07) is 10.0. The summed E-state index contributed by atoms with van der Waals surface area (Å²) in [6.45, 7) is 2.03. The summed E-state index contributed by atoms with van der Waals surface area (Å²) in [7, 11) is 0. The Balaban J connectivity index is 2.39. The number of hydrogen-bond donors (Lipinski definition) is 1. The van der Waals surface area contributed by atoms with Gasteiger partial charge in [-0.05, 0) is 25.1 Å². The fourth-order valence-corrected chi connectivity index (χ4v) is 0.685. The van der Waals surface area contributed by atoms with E-state index in [1.165, 1.54) is 0 Å². The van der Waals surface area contributed by atoms with Gasteiger partial charge in [0.2, 0.25) is 0 Å². The summed E-state index contributed by atoms with van der Waals surface area (Å²) in [5.41, 5.74) is 0. The van der Waals surface area contributed by atoms with Gasteiger partial charge in [-0.1, -0.05) is 12.1 Å². The first kappa shape index (κ1) is 8.08. The number of benzene rings is 1. The molecule has 0 saturated heterocycles. The third-order valence-electron chi connectivity index (χ3n) is 1.18. The van der Waals surface area contributed by atoms with Gasteiger partial charge in [0.25, 0.3) is 0 Å². The fourth-order valence-electron chi connectivity index (χ4n) is 0.685. The standard InChI is InChI=1S/C9H11O2/c1-8(10)7-11-9-5-3-2-4-6-9/h3-6,8,10H,7H2,1H3. The van der Waals surface area contributed by atoms with Crippen LogP contribution in [0.15, 0.2) is 24.3 Å². The van der Waals surface area contributed by atoms with Gasteiger partial charge in [-0.3, -0.25) is 0 Å². The summed E-state index contributed by atoms with van der Waals surface area (Å²) >= 11 is 0. The largest absolute Gasteiger partial charge is 0.491 e. The average Bonchev–Trinajstić information content (AvgIpc) is 2.03. The number of aliphatic hydroxyl groups excluding tert-OH is 1. The fraction of sp³-hybridized carbons (Fsp3) is 0.333. The number of ether oxygens (including phenoxy) is 1. The molecule has 0 bridgehead atoms. The van der Waals surface area contributed by atoms with Gasteiger partial charge >= 0.3 is 0 Å². The van der Waals surface area contributed by atoms with Crippen molar-refractivity contribution in [3.05, 3.63) is 30.3 Å². The van der Waals surface area contributed by atoms with Crippen LogP contribution < -0.4 is 4.74 Å². The second kappa shape index (κ2) is 3.98. The number of aliphatic hydroxyl groups is 1. The molecule has 0 aliphatic carbocycles. The lowest BCUT2D eigenvalue weighted by molar-refractivity contribution is 0.123. The third kappa shape index (κ3) is 3.05. The summed E-state index contributed by atoms with van der Waals surface area (Å²) in [5, 5.41) is 8.88. The Morgan fingerprint density at radius 1 is 1.55 bits per heavy atom. The maximum absolute atomic E-state index is 8.88. The molecule has 11 heavy (non-hydrogen) atoms. The van der Waals surface area contributed by atoms with Crippen molar-refractivity contribution in [2.75, 3.05) is 6.61 Å². The monoisotopic (exact) mass is 151 g/mol. The maximum atomic E-state index is 8.88. The molecule has 1 rings (SSSR count). The lowest BCUT2D eigenvalue weighted by atomic mass is 10.3. The van der Waals surface area contributed by atoms with Gasteiger partial charge in [0, 0.05) is 0 Å². The van der Waals surface area contributed by atoms with Gasteiger partial charge in [0.1, 0.15) is 12.4 Å². The van der Waals surface area contributed by atoms with Crippen LogP contribution in [0.1, 0.15) is 6.92 Å². The number of rotatable bonds is 3. The molecule has 0 aliphatic heterocycles. The van der Waals surface area contributed by atoms with Crippen molar-refractivity contribution in [1.29, 1.82) is 0 Å². The maximum Gasteiger partial charge on any atom is 0.119 e. The summed E-state index contributed by atoms with van der Waals surface area (Å²) in [6.07, 6.45) is -0.417. The molecular weight excluding hydrogens is 140 g/mol. The van der Waals surface area contributed by atoms with Crippen LogP contribution in [0.5, 0.6) is 5.75 Å². The zero-order valence-corrected chi connectivity index (χ0v) is 6.45. The summed E-state index contributed by atoms with van der Waals surface area (Å²) < 4.78 is 5.20. The highest BCUT2D eigenvalue weighted by molar-refractivity contribution is 5.20. The molecule has 0 amide bonds. The predicted octanol–water partition coefficient (Wildman–Crippen LogP) is 1.25. The van der Waals surface area contributed by atoms with Crippen molar-refractivity contribution < 1.29 is 9.84 Å². The van der Waals surface area contributed by atoms with Gasteiger partial charge in [-0.2, -0.15) is 0 Å². The Kier molecular flexibility index (Phi) is 2.93. The summed E-state index contributed by atoms with van der Waals surface area (Å²) in [4.78, 5) is 0. The second-order valence-electron chi connectivity index (χ2n) is 2.40. The molecule has 0 aliphatic rings. The zero-order valence-electron chi connectivity index (χ0n) is 6.45. The van der Waals surface area contributed by atoms with Gasteiger partial charge in [-0.15, -0.1) is 0 Å². The lowest BCUT2D eigenvalue weighted by Crippen LogP contribution is -2.12. The molecule has 59 valence electrons. The topological polar surface area (TPSA) is 29.5 Å². The molecule has 0 saturated carbocycles. The number of hydrogen-bond acceptors (Lipinski definition) is 2. The van der Waals surface area contributed by atoms with E-state index in [-0.39, 0.29) is 0 Å². The SMILES string of the molecule is CC(O)COc1cc[c]cc1. The molecule has 2 heteroatoms. The highest BCUT2D eigenvalue weighted by Gasteiger charge is 1.95. The van der Waals surface area contributed by atoms with E-state index >= 15 is 0 Å². The van der Waals surface area contributed by atoms with Crippen LogP contribution in [0.3, 0.4) is 0 Å². The molecule has 1 aromatic rings. The molecule has 1 aromatic carbocycles. The third-order valence-corrected chi connectivity index (χ3v) is 1.18. The predicted molar refractivity (Wildman–Crippen MR) is 42.5 cm³/mol. The van der Waals surface area contributed by atoms with Crippen LogP contribution in [-0.4, -0.2) is 17.8 Å². The van der Waals surface area contributed by atoms with E-state index in [0.29, 0.717) is 6.61 Å². The van der Waals surface area contributed by atoms with Crippen molar-refractivity contribution >= 4 is 0 Å². The Labute approximate surface area is 66.4 Å². The van der Waals surface area contributed by atoms with Gasteiger partial charge in [0.05, 0.1) is 6.10 Å². The lowest BCUT2D eigenvalue weighted by Gasteiger charge is -2.06. The van der Waals surface area contributed by atoms with Crippen LogP contribution in [-0.2, 0) is 0 Å². The van der Waals surface area contributed by atoms with Gasteiger partial charge < -0.3 is 9.84 Å². The molecule has 1 atom stereocenters.